The smallest absolute Gasteiger partial charge is 0.416 e. The normalized spacial score (nSPS) is 23.1. The standard InChI is InChI=1S/C27H34ClF3N2O2.2ClH/c1-32-13-15-33(16-14-32)12-10-21-6-2-3-11-26(21,34)22-8-9-25(24(28)18-22)35-19-20-5-4-7-23(17-20)27(29,30)31;;/h4-5,7-9,17-18,21,34H,2-3,6,10-16,19H2,1H3;2*1H. The molecule has 1 heterocycles. The minimum Gasteiger partial charge on any atom is -0.487 e. The average molecular weight is 584 g/mol. The molecule has 2 fully saturated rings. The predicted molar refractivity (Wildman–Crippen MR) is 146 cm³/mol. The van der Waals surface area contributed by atoms with Crippen molar-refractivity contribution in [2.45, 2.75) is 50.5 Å². The highest BCUT2D eigenvalue weighted by Gasteiger charge is 2.40. The van der Waals surface area contributed by atoms with E-state index >= 15 is 0 Å². The Labute approximate surface area is 234 Å². The Morgan fingerprint density at radius 1 is 1.05 bits per heavy atom. The van der Waals surface area contributed by atoms with E-state index in [1.54, 1.807) is 18.2 Å². The van der Waals surface area contributed by atoms with E-state index in [0.29, 0.717) is 22.8 Å². The summed E-state index contributed by atoms with van der Waals surface area (Å²) in [5.74, 6) is 0.546. The van der Waals surface area contributed by atoms with Crippen molar-refractivity contribution in [2.75, 3.05) is 39.8 Å². The van der Waals surface area contributed by atoms with Crippen LogP contribution in [-0.2, 0) is 18.4 Å². The summed E-state index contributed by atoms with van der Waals surface area (Å²) in [5.41, 5.74) is -0.442. The Hall–Kier alpha value is -1.22. The maximum Gasteiger partial charge on any atom is 0.416 e. The van der Waals surface area contributed by atoms with Gasteiger partial charge in [-0.2, -0.15) is 13.2 Å². The highest BCUT2D eigenvalue weighted by atomic mass is 35.5. The number of likely N-dealkylation sites (N-methyl/N-ethyl adjacent to an activating group) is 1. The Kier molecular flexibility index (Phi) is 11.9. The van der Waals surface area contributed by atoms with Gasteiger partial charge in [-0.3, -0.25) is 0 Å². The van der Waals surface area contributed by atoms with E-state index in [1.165, 1.54) is 6.07 Å². The third-order valence-corrected chi connectivity index (χ3v) is 7.80. The van der Waals surface area contributed by atoms with E-state index in [4.69, 9.17) is 16.3 Å². The van der Waals surface area contributed by atoms with Gasteiger partial charge in [0.25, 0.3) is 0 Å². The maximum atomic E-state index is 13.0. The van der Waals surface area contributed by atoms with Crippen LogP contribution in [0.2, 0.25) is 5.02 Å². The molecule has 1 aliphatic heterocycles. The molecule has 0 bridgehead atoms. The lowest BCUT2D eigenvalue weighted by molar-refractivity contribution is -0.137. The Morgan fingerprint density at radius 3 is 2.46 bits per heavy atom. The van der Waals surface area contributed by atoms with Crippen LogP contribution in [0.1, 0.15) is 48.8 Å². The molecule has 1 N–H and O–H groups in total. The summed E-state index contributed by atoms with van der Waals surface area (Å²) in [5, 5.41) is 12.1. The zero-order chi connectivity index (χ0) is 25.1. The van der Waals surface area contributed by atoms with Crippen molar-refractivity contribution in [3.05, 3.63) is 64.2 Å². The molecule has 208 valence electrons. The Bertz CT molecular complexity index is 1000. The number of alkyl halides is 3. The number of hydrogen-bond acceptors (Lipinski definition) is 4. The quantitative estimate of drug-likeness (QED) is 0.389. The number of rotatable bonds is 7. The predicted octanol–water partition coefficient (Wildman–Crippen LogP) is 6.80. The summed E-state index contributed by atoms with van der Waals surface area (Å²) in [6.07, 6.45) is 0.294. The fraction of sp³-hybridized carbons (Fsp3) is 0.556. The topological polar surface area (TPSA) is 35.9 Å². The van der Waals surface area contributed by atoms with Crippen molar-refractivity contribution in [3.8, 4) is 5.75 Å². The summed E-state index contributed by atoms with van der Waals surface area (Å²) in [6.45, 7) is 5.23. The molecule has 0 amide bonds. The third-order valence-electron chi connectivity index (χ3n) is 7.51. The van der Waals surface area contributed by atoms with Crippen LogP contribution in [0.15, 0.2) is 42.5 Å². The average Bonchev–Trinajstić information content (AvgIpc) is 2.83. The lowest BCUT2D eigenvalue weighted by Gasteiger charge is -2.42. The van der Waals surface area contributed by atoms with Gasteiger partial charge in [0, 0.05) is 26.2 Å². The van der Waals surface area contributed by atoms with Gasteiger partial charge in [0.15, 0.2) is 0 Å². The van der Waals surface area contributed by atoms with E-state index in [0.717, 1.165) is 76.1 Å². The number of nitrogens with zero attached hydrogens (tertiary/aromatic N) is 2. The lowest BCUT2D eigenvalue weighted by Crippen LogP contribution is -2.46. The molecule has 2 unspecified atom stereocenters. The van der Waals surface area contributed by atoms with Crippen LogP contribution in [0.25, 0.3) is 0 Å². The van der Waals surface area contributed by atoms with E-state index in [9.17, 15) is 18.3 Å². The molecule has 0 spiro atoms. The van der Waals surface area contributed by atoms with Gasteiger partial charge in [-0.15, -0.1) is 24.8 Å². The Morgan fingerprint density at radius 2 is 1.78 bits per heavy atom. The summed E-state index contributed by atoms with van der Waals surface area (Å²) >= 11 is 6.51. The third kappa shape index (κ3) is 8.13. The number of piperazine rings is 1. The first-order valence-corrected chi connectivity index (χ1v) is 12.8. The van der Waals surface area contributed by atoms with Crippen molar-refractivity contribution in [2.24, 2.45) is 5.92 Å². The molecule has 2 atom stereocenters. The van der Waals surface area contributed by atoms with Gasteiger partial charge in [-0.05, 0) is 74.2 Å². The van der Waals surface area contributed by atoms with E-state index in [2.05, 4.69) is 16.8 Å². The molecular weight excluding hydrogens is 548 g/mol. The zero-order valence-corrected chi connectivity index (χ0v) is 23.4. The molecule has 37 heavy (non-hydrogen) atoms. The first kappa shape index (κ1) is 32.0. The minimum atomic E-state index is -4.40. The van der Waals surface area contributed by atoms with E-state index in [1.807, 2.05) is 6.07 Å². The van der Waals surface area contributed by atoms with Crippen molar-refractivity contribution >= 4 is 36.4 Å². The second-order valence-electron chi connectivity index (χ2n) is 9.93. The Balaban J connectivity index is 0.00000241. The molecule has 2 aliphatic rings. The molecular formula is C27H36Cl3F3N2O2. The number of benzene rings is 2. The van der Waals surface area contributed by atoms with Crippen molar-refractivity contribution in [1.29, 1.82) is 0 Å². The van der Waals surface area contributed by atoms with Gasteiger partial charge >= 0.3 is 6.18 Å². The number of hydrogen-bond donors (Lipinski definition) is 1. The van der Waals surface area contributed by atoms with Crippen LogP contribution >= 0.6 is 36.4 Å². The first-order chi connectivity index (χ1) is 16.6. The number of ether oxygens (including phenoxy) is 1. The highest BCUT2D eigenvalue weighted by molar-refractivity contribution is 6.32. The molecule has 2 aromatic rings. The van der Waals surface area contributed by atoms with Gasteiger partial charge in [-0.1, -0.05) is 42.6 Å². The second-order valence-corrected chi connectivity index (χ2v) is 10.3. The summed E-state index contributed by atoms with van der Waals surface area (Å²) < 4.78 is 44.6. The van der Waals surface area contributed by atoms with Crippen LogP contribution < -0.4 is 4.74 Å². The van der Waals surface area contributed by atoms with Crippen molar-refractivity contribution in [1.82, 2.24) is 9.80 Å². The minimum absolute atomic E-state index is 0. The van der Waals surface area contributed by atoms with Gasteiger partial charge in [0.1, 0.15) is 12.4 Å². The molecule has 1 aliphatic carbocycles. The van der Waals surface area contributed by atoms with Gasteiger partial charge in [0.05, 0.1) is 16.2 Å². The maximum absolute atomic E-state index is 13.0. The molecule has 4 nitrogen and oxygen atoms in total. The molecule has 0 aromatic heterocycles. The van der Waals surface area contributed by atoms with E-state index < -0.39 is 17.3 Å². The molecule has 1 saturated carbocycles. The SMILES string of the molecule is CN1CCN(CCC2CCCCC2(O)c2ccc(OCc3cccc(C(F)(F)F)c3)c(Cl)c2)CC1.Cl.Cl. The second kappa shape index (κ2) is 13.7. The zero-order valence-electron chi connectivity index (χ0n) is 21.0. The number of aliphatic hydroxyl groups is 1. The molecule has 4 rings (SSSR count). The summed E-state index contributed by atoms with van der Waals surface area (Å²) in [7, 11) is 2.15. The van der Waals surface area contributed by atoms with Crippen LogP contribution in [0.4, 0.5) is 13.2 Å². The highest BCUT2D eigenvalue weighted by Crippen LogP contribution is 2.45. The lowest BCUT2D eigenvalue weighted by atomic mass is 9.70. The molecule has 0 radical (unpaired) electrons. The van der Waals surface area contributed by atoms with Gasteiger partial charge in [0.2, 0.25) is 0 Å². The molecule has 10 heteroatoms. The van der Waals surface area contributed by atoms with E-state index in [-0.39, 0.29) is 37.3 Å². The van der Waals surface area contributed by atoms with Crippen LogP contribution in [0.3, 0.4) is 0 Å². The molecule has 2 aromatic carbocycles. The monoisotopic (exact) mass is 582 g/mol. The number of halogens is 6. The van der Waals surface area contributed by atoms with Crippen molar-refractivity contribution < 1.29 is 23.0 Å². The summed E-state index contributed by atoms with van der Waals surface area (Å²) in [4.78, 5) is 4.82. The molecule has 1 saturated heterocycles. The van der Waals surface area contributed by atoms with Crippen LogP contribution in [0, 0.1) is 5.92 Å². The fourth-order valence-corrected chi connectivity index (χ4v) is 5.52. The van der Waals surface area contributed by atoms with Gasteiger partial charge < -0.3 is 19.6 Å². The first-order valence-electron chi connectivity index (χ1n) is 12.4. The van der Waals surface area contributed by atoms with Gasteiger partial charge in [-0.25, -0.2) is 0 Å². The fourth-order valence-electron chi connectivity index (χ4n) is 5.29. The van der Waals surface area contributed by atoms with Crippen molar-refractivity contribution in [3.63, 3.8) is 0 Å². The summed E-state index contributed by atoms with van der Waals surface area (Å²) in [6, 6.07) is 10.4. The van der Waals surface area contributed by atoms with Crippen LogP contribution in [-0.4, -0.2) is 54.7 Å². The largest absolute Gasteiger partial charge is 0.487 e. The van der Waals surface area contributed by atoms with Crippen LogP contribution in [0.5, 0.6) is 5.75 Å².